The van der Waals surface area contributed by atoms with Gasteiger partial charge in [-0.25, -0.2) is 4.98 Å². The van der Waals surface area contributed by atoms with Crippen LogP contribution in [0.2, 0.25) is 0 Å². The van der Waals surface area contributed by atoms with E-state index < -0.39 is 0 Å². The van der Waals surface area contributed by atoms with Gasteiger partial charge in [0.25, 0.3) is 0 Å². The van der Waals surface area contributed by atoms with Gasteiger partial charge < -0.3 is 10.6 Å². The Hall–Kier alpha value is -1.19. The Morgan fingerprint density at radius 3 is 2.57 bits per heavy atom. The summed E-state index contributed by atoms with van der Waals surface area (Å²) in [6, 6.07) is 8.74. The van der Waals surface area contributed by atoms with Gasteiger partial charge in [-0.05, 0) is 44.0 Å². The predicted molar refractivity (Wildman–Crippen MR) is 130 cm³/mol. The minimum atomic E-state index is 0. The van der Waals surface area contributed by atoms with E-state index in [2.05, 4.69) is 55.2 Å². The van der Waals surface area contributed by atoms with Crippen LogP contribution in [0, 0.1) is 6.92 Å². The Balaban J connectivity index is 0.00000280. The van der Waals surface area contributed by atoms with Crippen molar-refractivity contribution in [2.45, 2.75) is 45.7 Å². The number of rotatable bonds is 7. The van der Waals surface area contributed by atoms with Crippen molar-refractivity contribution in [3.05, 3.63) is 51.5 Å². The number of halogens is 1. The van der Waals surface area contributed by atoms with Crippen LogP contribution in [-0.4, -0.2) is 42.5 Å². The minimum absolute atomic E-state index is 0. The Morgan fingerprint density at radius 2 is 1.89 bits per heavy atom. The van der Waals surface area contributed by atoms with Gasteiger partial charge >= 0.3 is 0 Å². The van der Waals surface area contributed by atoms with Crippen molar-refractivity contribution in [2.24, 2.45) is 4.99 Å². The zero-order valence-corrected chi connectivity index (χ0v) is 20.1. The first-order valence-electron chi connectivity index (χ1n) is 9.89. The largest absolute Gasteiger partial charge is 0.356 e. The average molecular weight is 513 g/mol. The number of aryl methyl sites for hydroxylation is 1. The molecule has 0 spiro atoms. The van der Waals surface area contributed by atoms with E-state index in [-0.39, 0.29) is 24.0 Å². The lowest BCUT2D eigenvalue weighted by Gasteiger charge is -2.27. The standard InChI is InChI=1S/C21H31N5S.HI/c1-17-25-20(16-27-17)10-11-23-21(22-2)24-14-18-8-4-5-9-19(18)15-26-12-6-3-7-13-26;/h4-5,8-9,16H,3,6-7,10-15H2,1-2H3,(H2,22,23,24);1H. The molecule has 1 fully saturated rings. The van der Waals surface area contributed by atoms with Crippen LogP contribution in [0.1, 0.15) is 41.1 Å². The molecule has 1 aromatic carbocycles. The second-order valence-electron chi connectivity index (χ2n) is 7.07. The van der Waals surface area contributed by atoms with Crippen molar-refractivity contribution in [1.82, 2.24) is 20.5 Å². The molecule has 7 heteroatoms. The number of likely N-dealkylation sites (tertiary alicyclic amines) is 1. The van der Waals surface area contributed by atoms with Crippen LogP contribution < -0.4 is 10.6 Å². The Labute approximate surface area is 190 Å². The number of aliphatic imine (C=N–C) groups is 1. The summed E-state index contributed by atoms with van der Waals surface area (Å²) in [7, 11) is 1.82. The number of nitrogens with zero attached hydrogens (tertiary/aromatic N) is 3. The fourth-order valence-corrected chi connectivity index (χ4v) is 4.12. The molecule has 154 valence electrons. The van der Waals surface area contributed by atoms with E-state index in [4.69, 9.17) is 0 Å². The highest BCUT2D eigenvalue weighted by Gasteiger charge is 2.12. The van der Waals surface area contributed by atoms with Crippen molar-refractivity contribution < 1.29 is 0 Å². The predicted octanol–water partition coefficient (Wildman–Crippen LogP) is 3.96. The number of thiazole rings is 1. The molecule has 0 saturated carbocycles. The molecule has 0 bridgehead atoms. The zero-order chi connectivity index (χ0) is 18.9. The van der Waals surface area contributed by atoms with E-state index >= 15 is 0 Å². The van der Waals surface area contributed by atoms with Crippen LogP contribution in [0.25, 0.3) is 0 Å². The molecule has 0 unspecified atom stereocenters. The number of aromatic nitrogens is 1. The van der Waals surface area contributed by atoms with Gasteiger partial charge in [-0.2, -0.15) is 0 Å². The molecule has 0 amide bonds. The summed E-state index contributed by atoms with van der Waals surface area (Å²) in [6.45, 7) is 7.16. The molecule has 1 aromatic heterocycles. The van der Waals surface area contributed by atoms with Gasteiger partial charge in [0.05, 0.1) is 10.7 Å². The van der Waals surface area contributed by atoms with Gasteiger partial charge in [0.15, 0.2) is 5.96 Å². The number of guanidine groups is 1. The van der Waals surface area contributed by atoms with E-state index in [1.54, 1.807) is 11.3 Å². The fraction of sp³-hybridized carbons (Fsp3) is 0.524. The summed E-state index contributed by atoms with van der Waals surface area (Å²) in [5.74, 6) is 0.842. The molecule has 0 atom stereocenters. The molecule has 2 aromatic rings. The summed E-state index contributed by atoms with van der Waals surface area (Å²) >= 11 is 1.70. The normalized spacial score (nSPS) is 15.1. The van der Waals surface area contributed by atoms with Gasteiger partial charge in [-0.1, -0.05) is 30.7 Å². The van der Waals surface area contributed by atoms with Gasteiger partial charge in [0.1, 0.15) is 0 Å². The Bertz CT molecular complexity index is 740. The van der Waals surface area contributed by atoms with Gasteiger partial charge in [0.2, 0.25) is 0 Å². The molecule has 28 heavy (non-hydrogen) atoms. The smallest absolute Gasteiger partial charge is 0.191 e. The van der Waals surface area contributed by atoms with Gasteiger partial charge in [-0.3, -0.25) is 9.89 Å². The molecule has 0 radical (unpaired) electrons. The number of benzene rings is 1. The zero-order valence-electron chi connectivity index (χ0n) is 16.9. The van der Waals surface area contributed by atoms with E-state index in [0.717, 1.165) is 42.7 Å². The summed E-state index contributed by atoms with van der Waals surface area (Å²) < 4.78 is 0. The molecule has 1 aliphatic rings. The third-order valence-electron chi connectivity index (χ3n) is 4.97. The lowest BCUT2D eigenvalue weighted by Crippen LogP contribution is -2.38. The maximum Gasteiger partial charge on any atom is 0.191 e. The van der Waals surface area contributed by atoms with Gasteiger partial charge in [0, 0.05) is 38.5 Å². The van der Waals surface area contributed by atoms with Crippen molar-refractivity contribution >= 4 is 41.3 Å². The second kappa shape index (κ2) is 12.4. The Kier molecular flexibility index (Phi) is 10.2. The summed E-state index contributed by atoms with van der Waals surface area (Å²) in [4.78, 5) is 11.4. The van der Waals surface area contributed by atoms with Crippen molar-refractivity contribution in [3.63, 3.8) is 0 Å². The maximum atomic E-state index is 4.51. The molecular formula is C21H32IN5S. The van der Waals surface area contributed by atoms with E-state index in [9.17, 15) is 0 Å². The first-order valence-corrected chi connectivity index (χ1v) is 10.8. The lowest BCUT2D eigenvalue weighted by molar-refractivity contribution is 0.220. The quantitative estimate of drug-likeness (QED) is 0.335. The van der Waals surface area contributed by atoms with Crippen LogP contribution in [0.4, 0.5) is 0 Å². The van der Waals surface area contributed by atoms with Crippen molar-refractivity contribution in [3.8, 4) is 0 Å². The third kappa shape index (κ3) is 7.33. The highest BCUT2D eigenvalue weighted by molar-refractivity contribution is 14.0. The monoisotopic (exact) mass is 513 g/mol. The topological polar surface area (TPSA) is 52.6 Å². The number of piperidine rings is 1. The molecule has 0 aliphatic carbocycles. The molecule has 2 N–H and O–H groups in total. The SMILES string of the molecule is CN=C(NCCc1csc(C)n1)NCc1ccccc1CN1CCCCC1.I. The van der Waals surface area contributed by atoms with E-state index in [1.807, 2.05) is 14.0 Å². The first kappa shape index (κ1) is 23.1. The number of hydrogen-bond donors (Lipinski definition) is 2. The lowest BCUT2D eigenvalue weighted by atomic mass is 10.0. The minimum Gasteiger partial charge on any atom is -0.356 e. The van der Waals surface area contributed by atoms with Gasteiger partial charge in [-0.15, -0.1) is 35.3 Å². The van der Waals surface area contributed by atoms with Crippen LogP contribution in [0.3, 0.4) is 0 Å². The molecule has 5 nitrogen and oxygen atoms in total. The summed E-state index contributed by atoms with van der Waals surface area (Å²) in [6.07, 6.45) is 4.95. The number of nitrogens with one attached hydrogen (secondary N) is 2. The molecule has 1 saturated heterocycles. The first-order chi connectivity index (χ1) is 13.2. The Morgan fingerprint density at radius 1 is 1.14 bits per heavy atom. The molecule has 2 heterocycles. The second-order valence-corrected chi connectivity index (χ2v) is 8.13. The van der Waals surface area contributed by atoms with Crippen molar-refractivity contribution in [1.29, 1.82) is 0 Å². The van der Waals surface area contributed by atoms with E-state index in [0.29, 0.717) is 0 Å². The third-order valence-corrected chi connectivity index (χ3v) is 5.79. The maximum absolute atomic E-state index is 4.51. The van der Waals surface area contributed by atoms with Crippen LogP contribution in [0.5, 0.6) is 0 Å². The molecular weight excluding hydrogens is 481 g/mol. The van der Waals surface area contributed by atoms with Crippen LogP contribution >= 0.6 is 35.3 Å². The van der Waals surface area contributed by atoms with Crippen LogP contribution in [-0.2, 0) is 19.5 Å². The summed E-state index contributed by atoms with van der Waals surface area (Å²) in [5.41, 5.74) is 3.91. The molecule has 1 aliphatic heterocycles. The van der Waals surface area contributed by atoms with Crippen molar-refractivity contribution in [2.75, 3.05) is 26.7 Å². The number of hydrogen-bond acceptors (Lipinski definition) is 4. The highest BCUT2D eigenvalue weighted by Crippen LogP contribution is 2.16. The summed E-state index contributed by atoms with van der Waals surface area (Å²) in [5, 5.41) is 10.1. The molecule has 3 rings (SSSR count). The van der Waals surface area contributed by atoms with E-state index in [1.165, 1.54) is 43.5 Å². The fourth-order valence-electron chi connectivity index (χ4n) is 3.47. The average Bonchev–Trinajstić information content (AvgIpc) is 3.11. The van der Waals surface area contributed by atoms with Crippen LogP contribution in [0.15, 0.2) is 34.6 Å². The highest BCUT2D eigenvalue weighted by atomic mass is 127.